The van der Waals surface area contributed by atoms with E-state index in [2.05, 4.69) is 15.0 Å². The molecular formula is C25H27N5O3S. The first kappa shape index (κ1) is 23.4. The summed E-state index contributed by atoms with van der Waals surface area (Å²) in [5.74, 6) is -1.15. The number of nitrogens with zero attached hydrogens (tertiary/aromatic N) is 2. The smallest absolute Gasteiger partial charge is 0.273 e. The van der Waals surface area contributed by atoms with Gasteiger partial charge in [0, 0.05) is 18.3 Å². The summed E-state index contributed by atoms with van der Waals surface area (Å²) in [5.41, 5.74) is 7.71. The highest BCUT2D eigenvalue weighted by Gasteiger charge is 2.28. The van der Waals surface area contributed by atoms with Crippen molar-refractivity contribution in [2.24, 2.45) is 0 Å². The minimum Gasteiger partial charge on any atom is -0.395 e. The molecule has 1 fully saturated rings. The largest absolute Gasteiger partial charge is 0.395 e. The summed E-state index contributed by atoms with van der Waals surface area (Å²) in [6.07, 6.45) is 4.10. The van der Waals surface area contributed by atoms with Crippen LogP contribution in [0.25, 0.3) is 0 Å². The van der Waals surface area contributed by atoms with Gasteiger partial charge in [-0.3, -0.25) is 19.3 Å². The lowest BCUT2D eigenvalue weighted by molar-refractivity contribution is -0.120. The Balaban J connectivity index is 1.50. The van der Waals surface area contributed by atoms with Crippen molar-refractivity contribution in [3.8, 4) is 0 Å². The molecular weight excluding hydrogens is 450 g/mol. The van der Waals surface area contributed by atoms with Crippen LogP contribution in [-0.2, 0) is 11.3 Å². The molecule has 0 unspecified atom stereocenters. The number of carbonyl (C=O) groups is 3. The second-order valence-corrected chi connectivity index (χ2v) is 8.99. The van der Waals surface area contributed by atoms with Crippen molar-refractivity contribution < 1.29 is 14.4 Å². The van der Waals surface area contributed by atoms with Crippen molar-refractivity contribution in [1.82, 2.24) is 15.0 Å². The van der Waals surface area contributed by atoms with Crippen LogP contribution in [0.5, 0.6) is 0 Å². The van der Waals surface area contributed by atoms with Crippen molar-refractivity contribution in [1.29, 1.82) is 0 Å². The zero-order chi connectivity index (χ0) is 23.9. The molecule has 0 spiro atoms. The number of benzene rings is 2. The molecule has 4 rings (SSSR count). The number of amides is 3. The van der Waals surface area contributed by atoms with E-state index < -0.39 is 11.8 Å². The average Bonchev–Trinajstić information content (AvgIpc) is 3.51. The lowest BCUT2D eigenvalue weighted by atomic mass is 10.2. The molecule has 1 aliphatic rings. The van der Waals surface area contributed by atoms with Crippen molar-refractivity contribution >= 4 is 40.6 Å². The number of carbonyl (C=O) groups excluding carboxylic acids is 3. The quantitative estimate of drug-likeness (QED) is 0.460. The highest BCUT2D eigenvalue weighted by molar-refractivity contribution is 7.09. The van der Waals surface area contributed by atoms with Crippen molar-refractivity contribution in [2.45, 2.75) is 38.3 Å². The molecule has 2 aromatic carbocycles. The summed E-state index contributed by atoms with van der Waals surface area (Å²) in [7, 11) is 0. The van der Waals surface area contributed by atoms with Gasteiger partial charge in [-0.25, -0.2) is 0 Å². The van der Waals surface area contributed by atoms with Crippen molar-refractivity contribution in [3.05, 3.63) is 76.8 Å². The maximum absolute atomic E-state index is 13.5. The molecule has 3 amide bonds. The molecule has 1 heterocycles. The van der Waals surface area contributed by atoms with Gasteiger partial charge < -0.3 is 16.4 Å². The summed E-state index contributed by atoms with van der Waals surface area (Å²) < 4.78 is 4.14. The number of anilines is 2. The van der Waals surface area contributed by atoms with E-state index >= 15 is 0 Å². The molecule has 8 nitrogen and oxygen atoms in total. The molecule has 176 valence electrons. The number of hydrogen-bond acceptors (Lipinski definition) is 6. The topological polar surface area (TPSA) is 117 Å². The van der Waals surface area contributed by atoms with Gasteiger partial charge in [-0.2, -0.15) is 4.37 Å². The molecule has 0 bridgehead atoms. The first-order valence-corrected chi connectivity index (χ1v) is 12.0. The molecule has 0 radical (unpaired) electrons. The Kier molecular flexibility index (Phi) is 7.54. The number of rotatable bonds is 8. The minimum atomic E-state index is -0.468. The number of nitrogens with one attached hydrogen (secondary N) is 2. The third-order valence-corrected chi connectivity index (χ3v) is 6.62. The Morgan fingerprint density at radius 3 is 2.32 bits per heavy atom. The van der Waals surface area contributed by atoms with Crippen LogP contribution in [0, 0.1) is 0 Å². The summed E-state index contributed by atoms with van der Waals surface area (Å²) in [6.45, 7) is 0.170. The van der Waals surface area contributed by atoms with Gasteiger partial charge in [0.05, 0.1) is 5.69 Å². The predicted octanol–water partition coefficient (Wildman–Crippen LogP) is 3.36. The molecule has 0 aliphatic heterocycles. The summed E-state index contributed by atoms with van der Waals surface area (Å²) in [5, 5.41) is 5.79. The van der Waals surface area contributed by atoms with Crippen LogP contribution >= 0.6 is 11.5 Å². The minimum absolute atomic E-state index is 0.00713. The SMILES string of the molecule is Nc1c(C(=O)NCc2ccccc2)nsc1C(=O)N(CC(=O)NC1CCCC1)c1ccccc1. The van der Waals surface area contributed by atoms with E-state index in [9.17, 15) is 14.4 Å². The van der Waals surface area contributed by atoms with Crippen LogP contribution in [0.2, 0.25) is 0 Å². The third-order valence-electron chi connectivity index (χ3n) is 5.77. The number of nitrogens with two attached hydrogens (primary N) is 1. The van der Waals surface area contributed by atoms with Gasteiger partial charge in [0.15, 0.2) is 5.69 Å². The lowest BCUT2D eigenvalue weighted by Crippen LogP contribution is -2.43. The van der Waals surface area contributed by atoms with E-state index in [-0.39, 0.29) is 34.8 Å². The molecule has 1 saturated carbocycles. The van der Waals surface area contributed by atoms with Gasteiger partial charge in [0.25, 0.3) is 11.8 Å². The zero-order valence-corrected chi connectivity index (χ0v) is 19.5. The van der Waals surface area contributed by atoms with Gasteiger partial charge in [0.1, 0.15) is 11.4 Å². The first-order valence-electron chi connectivity index (χ1n) is 11.3. The van der Waals surface area contributed by atoms with Gasteiger partial charge >= 0.3 is 0 Å². The van der Waals surface area contributed by atoms with Crippen LogP contribution in [0.4, 0.5) is 11.4 Å². The van der Waals surface area contributed by atoms with Crippen LogP contribution in [-0.4, -0.2) is 34.7 Å². The fourth-order valence-electron chi connectivity index (χ4n) is 3.98. The maximum Gasteiger partial charge on any atom is 0.273 e. The second kappa shape index (κ2) is 10.9. The summed E-state index contributed by atoms with van der Waals surface area (Å²) in [4.78, 5) is 40.3. The predicted molar refractivity (Wildman–Crippen MR) is 133 cm³/mol. The second-order valence-electron chi connectivity index (χ2n) is 8.22. The van der Waals surface area contributed by atoms with E-state index in [1.807, 2.05) is 36.4 Å². The molecule has 1 aliphatic carbocycles. The third kappa shape index (κ3) is 5.60. The Morgan fingerprint density at radius 2 is 1.65 bits per heavy atom. The van der Waals surface area contributed by atoms with Crippen LogP contribution in [0.15, 0.2) is 60.7 Å². The Bertz CT molecular complexity index is 1140. The monoisotopic (exact) mass is 477 g/mol. The van der Waals surface area contributed by atoms with Gasteiger partial charge in [0.2, 0.25) is 5.91 Å². The normalized spacial score (nSPS) is 13.4. The van der Waals surface area contributed by atoms with Crippen molar-refractivity contribution in [3.63, 3.8) is 0 Å². The standard InChI is InChI=1S/C25H27N5O3S/c26-21-22(24(32)27-15-17-9-3-1-4-10-17)29-34-23(21)25(33)30(19-13-5-2-6-14-19)16-20(31)28-18-11-7-8-12-18/h1-6,9-10,13-14,18H,7-8,11-12,15-16,26H2,(H,27,32)(H,28,31). The molecule has 0 atom stereocenters. The first-order chi connectivity index (χ1) is 16.5. The number of aromatic nitrogens is 1. The van der Waals surface area contributed by atoms with Gasteiger partial charge in [-0.05, 0) is 42.1 Å². The number of para-hydroxylation sites is 1. The van der Waals surface area contributed by atoms with E-state index in [1.54, 1.807) is 24.3 Å². The molecule has 0 saturated heterocycles. The fourth-order valence-corrected chi connectivity index (χ4v) is 4.72. The Hall–Kier alpha value is -3.72. The average molecular weight is 478 g/mol. The molecule has 4 N–H and O–H groups in total. The lowest BCUT2D eigenvalue weighted by Gasteiger charge is -2.23. The summed E-state index contributed by atoms with van der Waals surface area (Å²) in [6, 6.07) is 18.5. The zero-order valence-electron chi connectivity index (χ0n) is 18.7. The number of hydrogen-bond donors (Lipinski definition) is 3. The maximum atomic E-state index is 13.5. The Labute approximate surface area is 202 Å². The molecule has 9 heteroatoms. The van der Waals surface area contributed by atoms with Gasteiger partial charge in [-0.15, -0.1) is 0 Å². The van der Waals surface area contributed by atoms with E-state index in [1.165, 1.54) is 4.90 Å². The highest BCUT2D eigenvalue weighted by Crippen LogP contribution is 2.26. The van der Waals surface area contributed by atoms with Gasteiger partial charge in [-0.1, -0.05) is 61.4 Å². The molecule has 3 aromatic rings. The van der Waals surface area contributed by atoms with E-state index in [0.717, 1.165) is 42.8 Å². The van der Waals surface area contributed by atoms with Crippen molar-refractivity contribution in [2.75, 3.05) is 17.2 Å². The number of nitrogen functional groups attached to an aromatic ring is 1. The van der Waals surface area contributed by atoms with E-state index in [0.29, 0.717) is 12.2 Å². The van der Waals surface area contributed by atoms with Crippen LogP contribution in [0.1, 0.15) is 51.4 Å². The fraction of sp³-hybridized carbons (Fsp3) is 0.280. The van der Waals surface area contributed by atoms with Crippen LogP contribution in [0.3, 0.4) is 0 Å². The van der Waals surface area contributed by atoms with E-state index in [4.69, 9.17) is 5.73 Å². The molecule has 34 heavy (non-hydrogen) atoms. The highest BCUT2D eigenvalue weighted by atomic mass is 32.1. The summed E-state index contributed by atoms with van der Waals surface area (Å²) >= 11 is 0.859. The molecule has 1 aromatic heterocycles. The Morgan fingerprint density at radius 1 is 1.00 bits per heavy atom. The van der Waals surface area contributed by atoms with Crippen LogP contribution < -0.4 is 21.3 Å².